The predicted molar refractivity (Wildman–Crippen MR) is 169 cm³/mol. The third-order valence-electron chi connectivity index (χ3n) is 10.1. The van der Waals surface area contributed by atoms with Crippen LogP contribution in [-0.2, 0) is 16.1 Å². The Morgan fingerprint density at radius 1 is 1.02 bits per heavy atom. The zero-order chi connectivity index (χ0) is 31.5. The van der Waals surface area contributed by atoms with E-state index in [0.717, 1.165) is 68.1 Å². The fraction of sp³-hybridized carbons (Fsp3) is 0.471. The van der Waals surface area contributed by atoms with E-state index in [4.69, 9.17) is 46.7 Å². The first-order valence-electron chi connectivity index (χ1n) is 15.8. The molecule has 4 heterocycles. The fourth-order valence-corrected chi connectivity index (χ4v) is 7.56. The molecule has 4 saturated carbocycles. The van der Waals surface area contributed by atoms with Crippen LogP contribution in [0.4, 0.5) is 0 Å². The molecule has 0 amide bonds. The Labute approximate surface area is 275 Å². The van der Waals surface area contributed by atoms with Crippen LogP contribution in [0.1, 0.15) is 79.1 Å². The SMILES string of the molecule is O=C(O)c1cc(OC2COC2)c2cc(OCC34CCC(OCc5c(-c6c(Cl)cncc6Cl)noc5C5CC5)(CC3)CC4)ccc2n1. The summed E-state index contributed by atoms with van der Waals surface area (Å²) in [6.07, 6.45) is 11.1. The highest BCUT2D eigenvalue weighted by Gasteiger charge is 2.50. The molecule has 2 bridgehead atoms. The van der Waals surface area contributed by atoms with Crippen LogP contribution in [0, 0.1) is 5.41 Å². The first-order chi connectivity index (χ1) is 22.3. The number of fused-ring (bicyclic) bond motifs is 4. The van der Waals surface area contributed by atoms with E-state index < -0.39 is 5.97 Å². The van der Waals surface area contributed by atoms with Crippen LogP contribution in [-0.4, -0.2) is 57.7 Å². The molecule has 10 nitrogen and oxygen atoms in total. The Hall–Kier alpha value is -3.44. The molecule has 1 N–H and O–H groups in total. The lowest BCUT2D eigenvalue weighted by atomic mass is 9.59. The average Bonchev–Trinajstić information content (AvgIpc) is 3.81. The van der Waals surface area contributed by atoms with Gasteiger partial charge in [0.1, 0.15) is 29.1 Å². The largest absolute Gasteiger partial charge is 0.493 e. The summed E-state index contributed by atoms with van der Waals surface area (Å²) in [6, 6.07) is 7.01. The Bertz CT molecular complexity index is 1780. The van der Waals surface area contributed by atoms with Crippen molar-refractivity contribution in [2.75, 3.05) is 19.8 Å². The van der Waals surface area contributed by atoms with Crippen molar-refractivity contribution in [2.24, 2.45) is 5.41 Å². The van der Waals surface area contributed by atoms with Crippen LogP contribution in [0.25, 0.3) is 22.2 Å². The zero-order valence-corrected chi connectivity index (χ0v) is 26.6. The average molecular weight is 667 g/mol. The molecule has 9 rings (SSSR count). The number of carboxylic acid groups (broad SMARTS) is 1. The summed E-state index contributed by atoms with van der Waals surface area (Å²) in [4.78, 5) is 20.0. The summed E-state index contributed by atoms with van der Waals surface area (Å²) in [5, 5.41) is 15.5. The minimum atomic E-state index is -1.10. The summed E-state index contributed by atoms with van der Waals surface area (Å²) >= 11 is 13.0. The molecule has 0 radical (unpaired) electrons. The number of benzene rings is 1. The van der Waals surface area contributed by atoms with Gasteiger partial charge in [-0.2, -0.15) is 0 Å². The lowest BCUT2D eigenvalue weighted by Crippen LogP contribution is -2.49. The van der Waals surface area contributed by atoms with E-state index in [1.165, 1.54) is 6.07 Å². The topological polar surface area (TPSA) is 126 Å². The fourth-order valence-electron chi connectivity index (χ4n) is 7.02. The van der Waals surface area contributed by atoms with E-state index in [1.807, 2.05) is 12.1 Å². The van der Waals surface area contributed by atoms with Crippen LogP contribution in [0.2, 0.25) is 10.0 Å². The van der Waals surface area contributed by atoms with Crippen molar-refractivity contribution in [3.8, 4) is 22.8 Å². The number of ether oxygens (including phenoxy) is 4. The first-order valence-corrected chi connectivity index (χ1v) is 16.5. The van der Waals surface area contributed by atoms with Crippen molar-refractivity contribution in [1.29, 1.82) is 0 Å². The maximum absolute atomic E-state index is 11.7. The quantitative estimate of drug-likeness (QED) is 0.171. The van der Waals surface area contributed by atoms with Crippen LogP contribution < -0.4 is 9.47 Å². The van der Waals surface area contributed by atoms with Crippen molar-refractivity contribution in [3.63, 3.8) is 0 Å². The number of aromatic carboxylic acids is 1. The number of halogens is 2. The van der Waals surface area contributed by atoms with Crippen molar-refractivity contribution in [3.05, 3.63) is 63.7 Å². The molecule has 1 saturated heterocycles. The normalized spacial score (nSPS) is 24.2. The van der Waals surface area contributed by atoms with E-state index in [1.54, 1.807) is 18.5 Å². The molecule has 0 spiro atoms. The Morgan fingerprint density at radius 2 is 1.76 bits per heavy atom. The summed E-state index contributed by atoms with van der Waals surface area (Å²) in [6.45, 7) is 1.95. The number of carbonyl (C=O) groups is 1. The van der Waals surface area contributed by atoms with Gasteiger partial charge < -0.3 is 28.6 Å². The van der Waals surface area contributed by atoms with Crippen molar-refractivity contribution in [2.45, 2.75) is 75.6 Å². The standard InChI is InChI=1S/C34H33Cl2N3O7/c35-24-13-37-14-25(36)29(24)30-23(31(46-39-30)19-1-2-19)17-44-34-8-5-33(6-9-34,7-10-34)18-43-20-3-4-26-22(11-20)28(45-21-15-42-16-21)12-27(38-26)32(40)41/h3-4,11-14,19,21H,1-2,5-10,15-18H2,(H,40,41). The van der Waals surface area contributed by atoms with Gasteiger partial charge >= 0.3 is 5.97 Å². The summed E-state index contributed by atoms with van der Waals surface area (Å²) in [5.41, 5.74) is 2.59. The molecule has 12 heteroatoms. The molecule has 0 atom stereocenters. The third kappa shape index (κ3) is 5.59. The zero-order valence-electron chi connectivity index (χ0n) is 25.1. The molecule has 240 valence electrons. The van der Waals surface area contributed by atoms with Crippen molar-refractivity contribution in [1.82, 2.24) is 15.1 Å². The highest BCUT2D eigenvalue weighted by Crippen LogP contribution is 2.55. The lowest BCUT2D eigenvalue weighted by molar-refractivity contribution is -0.150. The van der Waals surface area contributed by atoms with Gasteiger partial charge in [0, 0.05) is 46.3 Å². The summed E-state index contributed by atoms with van der Waals surface area (Å²) in [5.74, 6) is 1.33. The van der Waals surface area contributed by atoms with Gasteiger partial charge in [0.25, 0.3) is 0 Å². The number of rotatable bonds is 11. The van der Waals surface area contributed by atoms with Gasteiger partial charge in [-0.1, -0.05) is 28.4 Å². The van der Waals surface area contributed by atoms with E-state index in [0.29, 0.717) is 70.7 Å². The second-order valence-electron chi connectivity index (χ2n) is 13.2. The van der Waals surface area contributed by atoms with E-state index in [9.17, 15) is 9.90 Å². The van der Waals surface area contributed by atoms with E-state index in [-0.39, 0.29) is 22.8 Å². The lowest BCUT2D eigenvalue weighted by Gasteiger charge is -2.52. The Balaban J connectivity index is 0.948. The second kappa shape index (κ2) is 11.7. The van der Waals surface area contributed by atoms with E-state index >= 15 is 0 Å². The minimum absolute atomic E-state index is 0.0561. The molecule has 4 aliphatic carbocycles. The summed E-state index contributed by atoms with van der Waals surface area (Å²) < 4.78 is 30.3. The number of pyridine rings is 2. The molecule has 5 aliphatic rings. The molecule has 4 aromatic rings. The number of aromatic nitrogens is 3. The predicted octanol–water partition coefficient (Wildman–Crippen LogP) is 7.63. The molecule has 1 aliphatic heterocycles. The van der Waals surface area contributed by atoms with Gasteiger partial charge in [-0.3, -0.25) is 4.98 Å². The van der Waals surface area contributed by atoms with Crippen LogP contribution in [0.3, 0.4) is 0 Å². The van der Waals surface area contributed by atoms with Gasteiger partial charge in [0.05, 0.1) is 47.6 Å². The maximum atomic E-state index is 11.7. The smallest absolute Gasteiger partial charge is 0.354 e. The monoisotopic (exact) mass is 665 g/mol. The molecule has 3 aromatic heterocycles. The third-order valence-corrected chi connectivity index (χ3v) is 10.7. The summed E-state index contributed by atoms with van der Waals surface area (Å²) in [7, 11) is 0. The number of nitrogens with zero attached hydrogens (tertiary/aromatic N) is 3. The highest BCUT2D eigenvalue weighted by molar-refractivity contribution is 6.38. The van der Waals surface area contributed by atoms with Crippen LogP contribution in [0.15, 0.2) is 41.2 Å². The minimum Gasteiger partial charge on any atom is -0.493 e. The van der Waals surface area contributed by atoms with E-state index in [2.05, 4.69) is 15.1 Å². The number of hydrogen-bond donors (Lipinski definition) is 1. The van der Waals surface area contributed by atoms with Gasteiger partial charge in [0.2, 0.25) is 0 Å². The highest BCUT2D eigenvalue weighted by atomic mass is 35.5. The van der Waals surface area contributed by atoms with Crippen LogP contribution >= 0.6 is 23.2 Å². The Morgan fingerprint density at radius 3 is 2.41 bits per heavy atom. The molecule has 46 heavy (non-hydrogen) atoms. The first kappa shape index (κ1) is 29.9. The molecule has 0 unspecified atom stereocenters. The number of hydrogen-bond acceptors (Lipinski definition) is 9. The molecule has 5 fully saturated rings. The maximum Gasteiger partial charge on any atom is 0.354 e. The van der Waals surface area contributed by atoms with Gasteiger partial charge in [-0.25, -0.2) is 9.78 Å². The van der Waals surface area contributed by atoms with Gasteiger partial charge in [-0.05, 0) is 69.6 Å². The van der Waals surface area contributed by atoms with Crippen LogP contribution in [0.5, 0.6) is 11.5 Å². The number of carboxylic acids is 1. The Kier molecular flexibility index (Phi) is 7.59. The van der Waals surface area contributed by atoms with Crippen molar-refractivity contribution < 1.29 is 33.4 Å². The molecular formula is C34H33Cl2N3O7. The molecular weight excluding hydrogens is 633 g/mol. The van der Waals surface area contributed by atoms with Gasteiger partial charge in [-0.15, -0.1) is 0 Å². The molecule has 1 aromatic carbocycles. The van der Waals surface area contributed by atoms with Crippen molar-refractivity contribution >= 4 is 40.1 Å². The second-order valence-corrected chi connectivity index (χ2v) is 14.0. The van der Waals surface area contributed by atoms with Gasteiger partial charge in [0.15, 0.2) is 5.69 Å².